The van der Waals surface area contributed by atoms with Crippen LogP contribution in [0.5, 0.6) is 0 Å². The zero-order valence-corrected chi connectivity index (χ0v) is 12.8. The van der Waals surface area contributed by atoms with Crippen LogP contribution in [-0.4, -0.2) is 12.6 Å². The monoisotopic (exact) mass is 293 g/mol. The van der Waals surface area contributed by atoms with Crippen molar-refractivity contribution in [1.29, 1.82) is 0 Å². The maximum atomic E-state index is 6.01. The molecule has 1 unspecified atom stereocenters. The van der Waals surface area contributed by atoms with E-state index in [1.54, 1.807) is 11.3 Å². The summed E-state index contributed by atoms with van der Waals surface area (Å²) >= 11 is 7.69. The van der Waals surface area contributed by atoms with E-state index in [0.29, 0.717) is 6.04 Å². The van der Waals surface area contributed by atoms with Crippen molar-refractivity contribution >= 4 is 22.9 Å². The summed E-state index contributed by atoms with van der Waals surface area (Å²) in [6.07, 6.45) is 3.28. The van der Waals surface area contributed by atoms with E-state index in [4.69, 9.17) is 11.6 Å². The van der Waals surface area contributed by atoms with Crippen LogP contribution < -0.4 is 5.32 Å². The Balaban J connectivity index is 1.99. The Hall–Kier alpha value is -0.830. The Morgan fingerprint density at radius 1 is 1.11 bits per heavy atom. The van der Waals surface area contributed by atoms with Gasteiger partial charge < -0.3 is 5.32 Å². The fraction of sp³-hybridized carbons (Fsp3) is 0.375. The topological polar surface area (TPSA) is 12.0 Å². The quantitative estimate of drug-likeness (QED) is 0.789. The fourth-order valence-electron chi connectivity index (χ4n) is 2.17. The van der Waals surface area contributed by atoms with Crippen LogP contribution in [0.1, 0.15) is 23.8 Å². The lowest BCUT2D eigenvalue weighted by Crippen LogP contribution is -2.33. The molecule has 2 aromatic rings. The van der Waals surface area contributed by atoms with Gasteiger partial charge in [0.15, 0.2) is 0 Å². The third-order valence-corrected chi connectivity index (χ3v) is 4.34. The molecule has 0 radical (unpaired) electrons. The van der Waals surface area contributed by atoms with Crippen LogP contribution in [0.2, 0.25) is 4.34 Å². The first-order valence-electron chi connectivity index (χ1n) is 6.79. The highest BCUT2D eigenvalue weighted by Gasteiger charge is 2.11. The molecule has 1 aromatic heterocycles. The third kappa shape index (κ3) is 4.98. The minimum atomic E-state index is 0.483. The highest BCUT2D eigenvalue weighted by molar-refractivity contribution is 7.16. The smallest absolute Gasteiger partial charge is 0.0931 e. The van der Waals surface area contributed by atoms with Crippen molar-refractivity contribution < 1.29 is 0 Å². The van der Waals surface area contributed by atoms with E-state index in [9.17, 15) is 0 Å². The van der Waals surface area contributed by atoms with E-state index in [0.717, 1.165) is 30.1 Å². The Bertz CT molecular complexity index is 481. The number of halogens is 1. The first-order valence-corrected chi connectivity index (χ1v) is 7.99. The molecule has 0 saturated heterocycles. The van der Waals surface area contributed by atoms with Gasteiger partial charge >= 0.3 is 0 Å². The number of rotatable bonds is 7. The van der Waals surface area contributed by atoms with E-state index in [1.807, 2.05) is 6.07 Å². The van der Waals surface area contributed by atoms with Crippen LogP contribution in [0.3, 0.4) is 0 Å². The van der Waals surface area contributed by atoms with Crippen molar-refractivity contribution in [2.75, 3.05) is 6.54 Å². The highest BCUT2D eigenvalue weighted by atomic mass is 35.5. The Morgan fingerprint density at radius 3 is 2.53 bits per heavy atom. The molecule has 102 valence electrons. The molecular weight excluding hydrogens is 274 g/mol. The zero-order valence-electron chi connectivity index (χ0n) is 11.2. The summed E-state index contributed by atoms with van der Waals surface area (Å²) in [5, 5.41) is 3.64. The third-order valence-electron chi connectivity index (χ3n) is 3.08. The molecule has 1 aromatic carbocycles. The van der Waals surface area contributed by atoms with Gasteiger partial charge in [-0.15, -0.1) is 11.3 Å². The van der Waals surface area contributed by atoms with Crippen LogP contribution in [0.25, 0.3) is 0 Å². The second-order valence-corrected chi connectivity index (χ2v) is 6.55. The molecule has 3 heteroatoms. The minimum absolute atomic E-state index is 0.483. The molecule has 0 bridgehead atoms. The predicted molar refractivity (Wildman–Crippen MR) is 85.3 cm³/mol. The predicted octanol–water partition coefficient (Wildman–Crippen LogP) is 4.55. The summed E-state index contributed by atoms with van der Waals surface area (Å²) in [4.78, 5) is 1.36. The molecule has 1 N–H and O–H groups in total. The molecule has 0 aliphatic carbocycles. The van der Waals surface area contributed by atoms with Crippen LogP contribution in [-0.2, 0) is 12.8 Å². The van der Waals surface area contributed by atoms with Crippen LogP contribution >= 0.6 is 22.9 Å². The van der Waals surface area contributed by atoms with Gasteiger partial charge in [0, 0.05) is 10.9 Å². The van der Waals surface area contributed by atoms with E-state index in [1.165, 1.54) is 10.4 Å². The van der Waals surface area contributed by atoms with Crippen LogP contribution in [0, 0.1) is 0 Å². The van der Waals surface area contributed by atoms with Gasteiger partial charge in [0.05, 0.1) is 4.34 Å². The van der Waals surface area contributed by atoms with Gasteiger partial charge in [-0.25, -0.2) is 0 Å². The molecule has 0 aliphatic rings. The van der Waals surface area contributed by atoms with Crippen LogP contribution in [0.15, 0.2) is 42.5 Å². The van der Waals surface area contributed by atoms with Crippen molar-refractivity contribution in [2.45, 2.75) is 32.2 Å². The van der Waals surface area contributed by atoms with Crippen molar-refractivity contribution in [2.24, 2.45) is 0 Å². The largest absolute Gasteiger partial charge is 0.313 e. The van der Waals surface area contributed by atoms with Crippen molar-refractivity contribution in [3.8, 4) is 0 Å². The van der Waals surface area contributed by atoms with Crippen molar-refractivity contribution in [3.05, 3.63) is 57.2 Å². The van der Waals surface area contributed by atoms with E-state index >= 15 is 0 Å². The minimum Gasteiger partial charge on any atom is -0.313 e. The maximum absolute atomic E-state index is 6.01. The number of hydrogen-bond donors (Lipinski definition) is 1. The van der Waals surface area contributed by atoms with E-state index < -0.39 is 0 Å². The lowest BCUT2D eigenvalue weighted by Gasteiger charge is -2.18. The van der Waals surface area contributed by atoms with Gasteiger partial charge in [-0.05, 0) is 43.5 Å². The number of hydrogen-bond acceptors (Lipinski definition) is 2. The van der Waals surface area contributed by atoms with Crippen molar-refractivity contribution in [1.82, 2.24) is 5.32 Å². The normalized spacial score (nSPS) is 12.5. The summed E-state index contributed by atoms with van der Waals surface area (Å²) < 4.78 is 0.879. The highest BCUT2D eigenvalue weighted by Crippen LogP contribution is 2.23. The second-order valence-electron chi connectivity index (χ2n) is 4.75. The molecule has 0 saturated carbocycles. The lowest BCUT2D eigenvalue weighted by atomic mass is 10.0. The zero-order chi connectivity index (χ0) is 13.5. The molecule has 0 fully saturated rings. The Kier molecular flexibility index (Phi) is 5.90. The fourth-order valence-corrected chi connectivity index (χ4v) is 3.34. The molecular formula is C16H20ClNS. The summed E-state index contributed by atoms with van der Waals surface area (Å²) in [5.74, 6) is 0. The van der Waals surface area contributed by atoms with Crippen molar-refractivity contribution in [3.63, 3.8) is 0 Å². The van der Waals surface area contributed by atoms with Gasteiger partial charge in [-0.3, -0.25) is 0 Å². The molecule has 0 amide bonds. The molecule has 1 atom stereocenters. The standard InChI is InChI=1S/C16H20ClNS/c1-2-10-18-14(11-13-6-4-3-5-7-13)12-15-8-9-16(17)19-15/h3-9,14,18H,2,10-12H2,1H3. The molecule has 0 spiro atoms. The second kappa shape index (κ2) is 7.68. The summed E-state index contributed by atoms with van der Waals surface area (Å²) in [6.45, 7) is 3.27. The molecule has 0 aliphatic heterocycles. The van der Waals surface area contributed by atoms with Gasteiger partial charge in [-0.2, -0.15) is 0 Å². The van der Waals surface area contributed by atoms with E-state index in [2.05, 4.69) is 48.6 Å². The SMILES string of the molecule is CCCNC(Cc1ccccc1)Cc1ccc(Cl)s1. The summed E-state index contributed by atoms with van der Waals surface area (Å²) in [6, 6.07) is 15.3. The van der Waals surface area contributed by atoms with E-state index in [-0.39, 0.29) is 0 Å². The number of benzene rings is 1. The van der Waals surface area contributed by atoms with Gasteiger partial charge in [-0.1, -0.05) is 48.9 Å². The van der Waals surface area contributed by atoms with Gasteiger partial charge in [0.1, 0.15) is 0 Å². The van der Waals surface area contributed by atoms with Gasteiger partial charge in [0.25, 0.3) is 0 Å². The number of thiophene rings is 1. The summed E-state index contributed by atoms with van der Waals surface area (Å²) in [5.41, 5.74) is 1.39. The molecule has 2 rings (SSSR count). The van der Waals surface area contributed by atoms with Gasteiger partial charge in [0.2, 0.25) is 0 Å². The molecule has 19 heavy (non-hydrogen) atoms. The average molecular weight is 294 g/mol. The maximum Gasteiger partial charge on any atom is 0.0931 e. The van der Waals surface area contributed by atoms with Crippen LogP contribution in [0.4, 0.5) is 0 Å². The molecule has 1 heterocycles. The molecule has 1 nitrogen and oxygen atoms in total. The first-order chi connectivity index (χ1) is 9.28. The lowest BCUT2D eigenvalue weighted by molar-refractivity contribution is 0.507. The Labute approximate surface area is 124 Å². The number of nitrogens with one attached hydrogen (secondary N) is 1. The Morgan fingerprint density at radius 2 is 1.89 bits per heavy atom. The first kappa shape index (κ1) is 14.6. The summed E-state index contributed by atoms with van der Waals surface area (Å²) in [7, 11) is 0. The average Bonchev–Trinajstić information content (AvgIpc) is 2.82.